The first-order valence-electron chi connectivity index (χ1n) is 1.72. The Morgan fingerprint density at radius 2 is 2.43 bits per heavy atom. The van der Waals surface area contributed by atoms with Gasteiger partial charge in [-0.3, -0.25) is 0 Å². The summed E-state index contributed by atoms with van der Waals surface area (Å²) in [4.78, 5) is 1.96. The van der Waals surface area contributed by atoms with E-state index < -0.39 is 0 Å². The molecule has 0 aromatic carbocycles. The zero-order chi connectivity index (χ0) is 5.28. The molecule has 0 amide bonds. The molecule has 0 bridgehead atoms. The number of rotatable bonds is 0. The van der Waals surface area contributed by atoms with Crippen molar-refractivity contribution < 1.29 is 5.11 Å². The van der Waals surface area contributed by atoms with Crippen LogP contribution >= 0.6 is 15.9 Å². The van der Waals surface area contributed by atoms with Gasteiger partial charge in [-0.25, -0.2) is 0 Å². The molecule has 7 heavy (non-hydrogen) atoms. The van der Waals surface area contributed by atoms with E-state index in [-0.39, 0.29) is 14.5 Å². The van der Waals surface area contributed by atoms with Crippen molar-refractivity contribution in [1.29, 1.82) is 0 Å². The van der Waals surface area contributed by atoms with Gasteiger partial charge < -0.3 is 0 Å². The second kappa shape index (κ2) is 2.03. The zero-order valence-corrected chi connectivity index (χ0v) is 6.69. The minimum atomic E-state index is 0.207. The van der Waals surface area contributed by atoms with Gasteiger partial charge in [-0.15, -0.1) is 0 Å². The van der Waals surface area contributed by atoms with E-state index in [1.807, 2.05) is 11.0 Å². The molecule has 0 unspecified atom stereocenters. The molecular formula is C4H3BrOSe. The molecule has 1 nitrogen and oxygen atoms in total. The van der Waals surface area contributed by atoms with Crippen LogP contribution in [0.25, 0.3) is 0 Å². The quantitative estimate of drug-likeness (QED) is 0.659. The molecule has 1 N–H and O–H groups in total. The first kappa shape index (κ1) is 5.42. The van der Waals surface area contributed by atoms with Crippen LogP contribution in [0.1, 0.15) is 0 Å². The monoisotopic (exact) mass is 226 g/mol. The Bertz CT molecular complexity index is 144. The first-order valence-corrected chi connectivity index (χ1v) is 4.36. The van der Waals surface area contributed by atoms with Crippen LogP contribution in [0.15, 0.2) is 15.5 Å². The third-order valence-corrected chi connectivity index (χ3v) is 3.33. The molecule has 0 aliphatic carbocycles. The molecule has 0 spiro atoms. The summed E-state index contributed by atoms with van der Waals surface area (Å²) in [5, 5.41) is 8.80. The van der Waals surface area contributed by atoms with Crippen molar-refractivity contribution in [3.05, 3.63) is 15.5 Å². The van der Waals surface area contributed by atoms with Gasteiger partial charge in [0.1, 0.15) is 0 Å². The molecule has 1 rings (SSSR count). The van der Waals surface area contributed by atoms with Gasteiger partial charge in [0.2, 0.25) is 0 Å². The Morgan fingerprint density at radius 1 is 1.71 bits per heavy atom. The predicted molar refractivity (Wildman–Crippen MR) is 32.7 cm³/mol. The summed E-state index contributed by atoms with van der Waals surface area (Å²) in [6.45, 7) is 0. The summed E-state index contributed by atoms with van der Waals surface area (Å²) in [5.74, 6) is 0. The van der Waals surface area contributed by atoms with Crippen molar-refractivity contribution >= 4 is 30.4 Å². The summed E-state index contributed by atoms with van der Waals surface area (Å²) in [5.41, 5.74) is 0. The van der Waals surface area contributed by atoms with E-state index in [9.17, 15) is 0 Å². The van der Waals surface area contributed by atoms with Gasteiger partial charge in [-0.1, -0.05) is 0 Å². The topological polar surface area (TPSA) is 20.2 Å². The molecule has 0 radical (unpaired) electrons. The standard InChI is InChI=1S/C4H3BrOSe/c5-3-1-2-7-4(3)6/h1-2,6H. The van der Waals surface area contributed by atoms with Gasteiger partial charge in [0, 0.05) is 0 Å². The number of halogens is 1. The van der Waals surface area contributed by atoms with Crippen LogP contribution < -0.4 is 0 Å². The average molecular weight is 226 g/mol. The van der Waals surface area contributed by atoms with E-state index in [1.165, 1.54) is 0 Å². The molecule has 0 aliphatic rings. The fourth-order valence-corrected chi connectivity index (χ4v) is 2.37. The van der Waals surface area contributed by atoms with Crippen LogP contribution in [-0.4, -0.2) is 19.6 Å². The predicted octanol–water partition coefficient (Wildman–Crippen LogP) is 1.21. The zero-order valence-electron chi connectivity index (χ0n) is 3.39. The molecule has 1 aromatic heterocycles. The van der Waals surface area contributed by atoms with E-state index in [1.54, 1.807) is 0 Å². The maximum absolute atomic E-state index is 8.80. The summed E-state index contributed by atoms with van der Waals surface area (Å²) in [6.07, 6.45) is 0. The molecule has 0 saturated carbocycles. The van der Waals surface area contributed by atoms with Crippen molar-refractivity contribution in [2.45, 2.75) is 0 Å². The van der Waals surface area contributed by atoms with E-state index in [4.69, 9.17) is 5.11 Å². The van der Waals surface area contributed by atoms with Gasteiger partial charge in [0.05, 0.1) is 0 Å². The maximum atomic E-state index is 8.80. The Morgan fingerprint density at radius 3 is 2.57 bits per heavy atom. The van der Waals surface area contributed by atoms with Gasteiger partial charge in [-0.05, 0) is 0 Å². The Hall–Kier alpha value is 0.279. The van der Waals surface area contributed by atoms with E-state index in [0.717, 1.165) is 4.47 Å². The minimum absolute atomic E-state index is 0.207. The Kier molecular flexibility index (Phi) is 1.57. The van der Waals surface area contributed by atoms with Crippen molar-refractivity contribution in [3.8, 4) is 4.62 Å². The third-order valence-electron chi connectivity index (χ3n) is 0.598. The molecule has 0 atom stereocenters. The van der Waals surface area contributed by atoms with E-state index in [2.05, 4.69) is 15.9 Å². The molecule has 38 valence electrons. The number of hydrogen-bond donors (Lipinski definition) is 1. The fraction of sp³-hybridized carbons (Fsp3) is 0. The molecular weight excluding hydrogens is 223 g/mol. The van der Waals surface area contributed by atoms with Crippen LogP contribution in [0.3, 0.4) is 0 Å². The number of hydrogen-bond acceptors (Lipinski definition) is 1. The van der Waals surface area contributed by atoms with Crippen molar-refractivity contribution in [1.82, 2.24) is 0 Å². The van der Waals surface area contributed by atoms with Crippen molar-refractivity contribution in [2.24, 2.45) is 0 Å². The van der Waals surface area contributed by atoms with Crippen molar-refractivity contribution in [2.75, 3.05) is 0 Å². The van der Waals surface area contributed by atoms with Crippen LogP contribution in [0.5, 0.6) is 4.62 Å². The summed E-state index contributed by atoms with van der Waals surface area (Å²) in [6, 6.07) is 1.87. The Balaban J connectivity index is 3.12. The first-order chi connectivity index (χ1) is 3.30. The summed E-state index contributed by atoms with van der Waals surface area (Å²) < 4.78 is 1.33. The average Bonchev–Trinajstić information content (AvgIpc) is 1.91. The van der Waals surface area contributed by atoms with Gasteiger partial charge in [-0.2, -0.15) is 0 Å². The molecule has 0 saturated heterocycles. The van der Waals surface area contributed by atoms with E-state index in [0.29, 0.717) is 4.62 Å². The van der Waals surface area contributed by atoms with E-state index >= 15 is 0 Å². The van der Waals surface area contributed by atoms with Crippen LogP contribution in [0, 0.1) is 0 Å². The molecule has 0 aliphatic heterocycles. The van der Waals surface area contributed by atoms with Gasteiger partial charge in [0.25, 0.3) is 0 Å². The molecule has 3 heteroatoms. The summed E-state index contributed by atoms with van der Waals surface area (Å²) >= 11 is 3.37. The van der Waals surface area contributed by atoms with Crippen molar-refractivity contribution in [3.63, 3.8) is 0 Å². The Labute approximate surface area is 55.9 Å². The fourth-order valence-electron chi connectivity index (χ4n) is 0.286. The molecule has 1 aromatic rings. The second-order valence-corrected chi connectivity index (χ2v) is 3.80. The molecule has 1 heterocycles. The normalized spacial score (nSPS) is 9.29. The SMILES string of the molecule is Oc1[se]ccc1Br. The molecule has 0 fully saturated rings. The van der Waals surface area contributed by atoms with Gasteiger partial charge in [0.15, 0.2) is 0 Å². The summed E-state index contributed by atoms with van der Waals surface area (Å²) in [7, 11) is 0. The van der Waals surface area contributed by atoms with Crippen LogP contribution in [0.4, 0.5) is 0 Å². The second-order valence-electron chi connectivity index (χ2n) is 1.07. The van der Waals surface area contributed by atoms with Crippen LogP contribution in [-0.2, 0) is 0 Å². The third kappa shape index (κ3) is 1.09. The number of aromatic hydroxyl groups is 1. The van der Waals surface area contributed by atoms with Crippen LogP contribution in [0.2, 0.25) is 0 Å². The van der Waals surface area contributed by atoms with Gasteiger partial charge >= 0.3 is 55.6 Å².